The molecule has 1 aromatic rings. The zero-order valence-electron chi connectivity index (χ0n) is 9.76. The summed E-state index contributed by atoms with van der Waals surface area (Å²) in [5, 5.41) is 2.44. The first kappa shape index (κ1) is 13.4. The average molecular weight is 243 g/mol. The third-order valence-corrected chi connectivity index (χ3v) is 2.19. The number of benzene rings is 1. The van der Waals surface area contributed by atoms with Crippen LogP contribution in [0.3, 0.4) is 0 Å². The highest BCUT2D eigenvalue weighted by molar-refractivity contribution is 5.93. The van der Waals surface area contributed by atoms with E-state index in [2.05, 4.69) is 5.32 Å². The Balaban J connectivity index is 2.69. The van der Waals surface area contributed by atoms with E-state index < -0.39 is 11.6 Å². The number of amides is 1. The van der Waals surface area contributed by atoms with Gasteiger partial charge in [0.15, 0.2) is 11.6 Å². The minimum Gasteiger partial charge on any atom is -0.395 e. The maximum Gasteiger partial charge on any atom is 0.225 e. The van der Waals surface area contributed by atoms with Crippen LogP contribution < -0.4 is 11.1 Å². The van der Waals surface area contributed by atoms with Crippen molar-refractivity contribution >= 4 is 17.3 Å². The van der Waals surface area contributed by atoms with Gasteiger partial charge in [-0.1, -0.05) is 0 Å². The lowest BCUT2D eigenvalue weighted by Crippen LogP contribution is -2.21. The number of nitrogens with one attached hydrogen (secondary N) is 1. The molecule has 0 aliphatic heterocycles. The molecule has 0 unspecified atom stereocenters. The second-order valence-corrected chi connectivity index (χ2v) is 3.92. The lowest BCUT2D eigenvalue weighted by Gasteiger charge is -2.11. The molecule has 0 saturated heterocycles. The first-order valence-electron chi connectivity index (χ1n) is 5.10. The van der Waals surface area contributed by atoms with Gasteiger partial charge in [-0.25, -0.2) is 8.78 Å². The van der Waals surface area contributed by atoms with Crippen LogP contribution in [0.5, 0.6) is 0 Å². The van der Waals surface area contributed by atoms with Crippen molar-refractivity contribution in [2.45, 2.75) is 6.42 Å². The average Bonchev–Trinajstić information content (AvgIpc) is 2.27. The Morgan fingerprint density at radius 3 is 2.65 bits per heavy atom. The van der Waals surface area contributed by atoms with Crippen LogP contribution in [0.4, 0.5) is 20.2 Å². The summed E-state index contributed by atoms with van der Waals surface area (Å²) in [6.45, 7) is 0.565. The number of rotatable bonds is 4. The van der Waals surface area contributed by atoms with Crippen LogP contribution in [0.1, 0.15) is 6.42 Å². The predicted molar refractivity (Wildman–Crippen MR) is 62.6 cm³/mol. The molecule has 17 heavy (non-hydrogen) atoms. The van der Waals surface area contributed by atoms with Crippen LogP contribution in [0.15, 0.2) is 12.1 Å². The molecule has 0 heterocycles. The molecule has 0 aromatic heterocycles. The Morgan fingerprint density at radius 1 is 1.41 bits per heavy atom. The summed E-state index contributed by atoms with van der Waals surface area (Å²) in [5.41, 5.74) is 5.05. The first-order valence-corrected chi connectivity index (χ1v) is 5.10. The number of nitrogens with zero attached hydrogens (tertiary/aromatic N) is 1. The van der Waals surface area contributed by atoms with Gasteiger partial charge in [-0.3, -0.25) is 4.79 Å². The summed E-state index contributed by atoms with van der Waals surface area (Å²) in [4.78, 5) is 13.3. The van der Waals surface area contributed by atoms with E-state index in [0.29, 0.717) is 6.54 Å². The number of halogens is 2. The summed E-state index contributed by atoms with van der Waals surface area (Å²) in [6, 6.07) is 2.16. The van der Waals surface area contributed by atoms with Crippen LogP contribution in [0.25, 0.3) is 0 Å². The van der Waals surface area contributed by atoms with Crippen LogP contribution in [-0.4, -0.2) is 31.4 Å². The van der Waals surface area contributed by atoms with E-state index in [4.69, 9.17) is 5.73 Å². The van der Waals surface area contributed by atoms with Crippen molar-refractivity contribution in [2.24, 2.45) is 0 Å². The molecule has 4 nitrogen and oxygen atoms in total. The molecule has 94 valence electrons. The molecule has 0 saturated carbocycles. The quantitative estimate of drug-likeness (QED) is 0.787. The van der Waals surface area contributed by atoms with Gasteiger partial charge in [0.05, 0.1) is 11.4 Å². The molecule has 6 heteroatoms. The molecule has 1 rings (SSSR count). The van der Waals surface area contributed by atoms with Gasteiger partial charge in [0.2, 0.25) is 5.91 Å². The number of carbonyl (C=O) groups is 1. The fourth-order valence-corrected chi connectivity index (χ4v) is 1.21. The fraction of sp³-hybridized carbons (Fsp3) is 0.364. The monoisotopic (exact) mass is 243 g/mol. The van der Waals surface area contributed by atoms with Crippen molar-refractivity contribution in [2.75, 3.05) is 31.7 Å². The van der Waals surface area contributed by atoms with Gasteiger partial charge in [-0.15, -0.1) is 0 Å². The number of nitrogen functional groups attached to an aromatic ring is 1. The summed E-state index contributed by atoms with van der Waals surface area (Å²) in [5.74, 6) is -2.47. The smallest absolute Gasteiger partial charge is 0.225 e. The van der Waals surface area contributed by atoms with E-state index in [-0.39, 0.29) is 23.7 Å². The summed E-state index contributed by atoms with van der Waals surface area (Å²) >= 11 is 0. The Hall–Kier alpha value is -1.69. The lowest BCUT2D eigenvalue weighted by atomic mass is 10.2. The zero-order chi connectivity index (χ0) is 13.0. The number of hydrogen-bond donors (Lipinski definition) is 2. The van der Waals surface area contributed by atoms with E-state index in [0.717, 1.165) is 6.07 Å². The van der Waals surface area contributed by atoms with Crippen molar-refractivity contribution in [3.05, 3.63) is 23.8 Å². The van der Waals surface area contributed by atoms with E-state index in [1.807, 2.05) is 19.0 Å². The summed E-state index contributed by atoms with van der Waals surface area (Å²) in [6.07, 6.45) is 0.255. The van der Waals surface area contributed by atoms with Crippen molar-refractivity contribution in [1.29, 1.82) is 0 Å². The molecular weight excluding hydrogens is 228 g/mol. The van der Waals surface area contributed by atoms with Crippen molar-refractivity contribution in [3.8, 4) is 0 Å². The SMILES string of the molecule is CN(C)CCC(=O)Nc1ccc(F)c(F)c1N. The van der Waals surface area contributed by atoms with Crippen LogP contribution in [0.2, 0.25) is 0 Å². The topological polar surface area (TPSA) is 58.4 Å². The van der Waals surface area contributed by atoms with Crippen molar-refractivity contribution in [3.63, 3.8) is 0 Å². The molecule has 0 fully saturated rings. The van der Waals surface area contributed by atoms with Crippen LogP contribution in [-0.2, 0) is 4.79 Å². The highest BCUT2D eigenvalue weighted by Crippen LogP contribution is 2.23. The van der Waals surface area contributed by atoms with Crippen LogP contribution in [0, 0.1) is 11.6 Å². The molecule has 0 bridgehead atoms. The predicted octanol–water partition coefficient (Wildman–Crippen LogP) is 1.44. The summed E-state index contributed by atoms with van der Waals surface area (Å²) in [7, 11) is 3.67. The molecule has 0 radical (unpaired) electrons. The second-order valence-electron chi connectivity index (χ2n) is 3.92. The minimum atomic E-state index is -1.14. The molecule has 0 atom stereocenters. The maximum absolute atomic E-state index is 13.1. The number of nitrogens with two attached hydrogens (primary N) is 1. The van der Waals surface area contributed by atoms with Gasteiger partial charge in [0.1, 0.15) is 0 Å². The minimum absolute atomic E-state index is 0.0904. The number of anilines is 2. The highest BCUT2D eigenvalue weighted by atomic mass is 19.2. The Morgan fingerprint density at radius 2 is 2.06 bits per heavy atom. The first-order chi connectivity index (χ1) is 7.91. The summed E-state index contributed by atoms with van der Waals surface area (Å²) < 4.78 is 25.9. The second kappa shape index (κ2) is 5.58. The molecule has 0 spiro atoms. The number of hydrogen-bond acceptors (Lipinski definition) is 3. The van der Waals surface area contributed by atoms with E-state index in [1.54, 1.807) is 0 Å². The molecule has 0 aliphatic carbocycles. The molecule has 1 aromatic carbocycles. The Kier molecular flexibility index (Phi) is 4.39. The largest absolute Gasteiger partial charge is 0.395 e. The van der Waals surface area contributed by atoms with Gasteiger partial charge in [-0.05, 0) is 26.2 Å². The molecule has 3 N–H and O–H groups in total. The highest BCUT2D eigenvalue weighted by Gasteiger charge is 2.12. The standard InChI is InChI=1S/C11H15F2N3O/c1-16(2)6-5-9(17)15-8-4-3-7(12)10(13)11(8)14/h3-4H,5-6,14H2,1-2H3,(H,15,17). The normalized spacial score (nSPS) is 10.6. The van der Waals surface area contributed by atoms with E-state index in [1.165, 1.54) is 6.07 Å². The lowest BCUT2D eigenvalue weighted by molar-refractivity contribution is -0.116. The molecule has 0 aliphatic rings. The fourth-order valence-electron chi connectivity index (χ4n) is 1.21. The van der Waals surface area contributed by atoms with Gasteiger partial charge >= 0.3 is 0 Å². The van der Waals surface area contributed by atoms with Gasteiger partial charge in [0, 0.05) is 13.0 Å². The van der Waals surface area contributed by atoms with Gasteiger partial charge < -0.3 is 16.0 Å². The van der Waals surface area contributed by atoms with Crippen LogP contribution >= 0.6 is 0 Å². The molecule has 1 amide bonds. The number of carbonyl (C=O) groups excluding carboxylic acids is 1. The third-order valence-electron chi connectivity index (χ3n) is 2.19. The van der Waals surface area contributed by atoms with E-state index in [9.17, 15) is 13.6 Å². The van der Waals surface area contributed by atoms with Crippen molar-refractivity contribution in [1.82, 2.24) is 4.90 Å². The maximum atomic E-state index is 13.1. The molecular formula is C11H15F2N3O. The van der Waals surface area contributed by atoms with E-state index >= 15 is 0 Å². The third kappa shape index (κ3) is 3.67. The Labute approximate surface area is 98.4 Å². The van der Waals surface area contributed by atoms with Gasteiger partial charge in [-0.2, -0.15) is 0 Å². The van der Waals surface area contributed by atoms with Crippen molar-refractivity contribution < 1.29 is 13.6 Å². The Bertz CT molecular complexity index is 421. The van der Waals surface area contributed by atoms with Gasteiger partial charge in [0.25, 0.3) is 0 Å². The zero-order valence-corrected chi connectivity index (χ0v) is 9.76.